The summed E-state index contributed by atoms with van der Waals surface area (Å²) in [4.78, 5) is 0. The standard InChI is InChI=1S/C11H23N3O/c12-10-11(4-2-1-3-5-11)13-14-6-8-15-9-7-14/h13H,1-10,12H2. The first-order chi connectivity index (χ1) is 7.35. The van der Waals surface area contributed by atoms with Crippen molar-refractivity contribution >= 4 is 0 Å². The molecule has 0 unspecified atom stereocenters. The van der Waals surface area contributed by atoms with Gasteiger partial charge in [-0.3, -0.25) is 0 Å². The molecule has 2 fully saturated rings. The average molecular weight is 213 g/mol. The molecule has 4 heteroatoms. The molecule has 88 valence electrons. The molecule has 0 atom stereocenters. The van der Waals surface area contributed by atoms with E-state index in [2.05, 4.69) is 10.4 Å². The van der Waals surface area contributed by atoms with Gasteiger partial charge in [0.2, 0.25) is 0 Å². The van der Waals surface area contributed by atoms with Crippen LogP contribution in [0.2, 0.25) is 0 Å². The maximum atomic E-state index is 5.93. The lowest BCUT2D eigenvalue weighted by Gasteiger charge is -2.42. The van der Waals surface area contributed by atoms with Crippen LogP contribution in [0.5, 0.6) is 0 Å². The lowest BCUT2D eigenvalue weighted by atomic mass is 9.82. The van der Waals surface area contributed by atoms with Gasteiger partial charge >= 0.3 is 0 Å². The molecule has 4 nitrogen and oxygen atoms in total. The second kappa shape index (κ2) is 5.25. The summed E-state index contributed by atoms with van der Waals surface area (Å²) >= 11 is 0. The Hall–Kier alpha value is -0.160. The van der Waals surface area contributed by atoms with E-state index in [1.807, 2.05) is 0 Å². The zero-order chi connectivity index (χ0) is 10.6. The predicted molar refractivity (Wildman–Crippen MR) is 60.4 cm³/mol. The number of hydrogen-bond donors (Lipinski definition) is 2. The number of hydrazine groups is 1. The van der Waals surface area contributed by atoms with Gasteiger partial charge in [-0.1, -0.05) is 19.3 Å². The van der Waals surface area contributed by atoms with E-state index >= 15 is 0 Å². The van der Waals surface area contributed by atoms with Crippen LogP contribution in [0.4, 0.5) is 0 Å². The molecule has 1 saturated carbocycles. The van der Waals surface area contributed by atoms with E-state index in [9.17, 15) is 0 Å². The first-order valence-electron chi connectivity index (χ1n) is 6.15. The smallest absolute Gasteiger partial charge is 0.0608 e. The van der Waals surface area contributed by atoms with Gasteiger partial charge in [0, 0.05) is 25.2 Å². The Labute approximate surface area is 92.1 Å². The van der Waals surface area contributed by atoms with E-state index in [0.717, 1.165) is 32.8 Å². The van der Waals surface area contributed by atoms with Gasteiger partial charge in [-0.05, 0) is 12.8 Å². The van der Waals surface area contributed by atoms with Crippen LogP contribution in [0.25, 0.3) is 0 Å². The molecule has 1 saturated heterocycles. The van der Waals surface area contributed by atoms with Crippen LogP contribution in [0.15, 0.2) is 0 Å². The Bertz CT molecular complexity index is 186. The van der Waals surface area contributed by atoms with Crippen molar-refractivity contribution in [1.29, 1.82) is 0 Å². The zero-order valence-electron chi connectivity index (χ0n) is 9.50. The lowest BCUT2D eigenvalue weighted by molar-refractivity contribution is -0.0184. The summed E-state index contributed by atoms with van der Waals surface area (Å²) in [6, 6.07) is 0. The van der Waals surface area contributed by atoms with Crippen LogP contribution < -0.4 is 11.2 Å². The Morgan fingerprint density at radius 2 is 1.80 bits per heavy atom. The van der Waals surface area contributed by atoms with Crippen molar-refractivity contribution in [2.75, 3.05) is 32.8 Å². The van der Waals surface area contributed by atoms with Gasteiger partial charge in [0.25, 0.3) is 0 Å². The van der Waals surface area contributed by atoms with Gasteiger partial charge in [-0.2, -0.15) is 0 Å². The first kappa shape index (κ1) is 11.3. The molecule has 1 aliphatic heterocycles. The van der Waals surface area contributed by atoms with E-state index in [1.54, 1.807) is 0 Å². The van der Waals surface area contributed by atoms with Crippen LogP contribution in [0.1, 0.15) is 32.1 Å². The summed E-state index contributed by atoms with van der Waals surface area (Å²) in [5, 5.41) is 2.29. The summed E-state index contributed by atoms with van der Waals surface area (Å²) < 4.78 is 5.34. The Balaban J connectivity index is 1.87. The molecule has 0 spiro atoms. The van der Waals surface area contributed by atoms with Crippen LogP contribution in [0, 0.1) is 0 Å². The fraction of sp³-hybridized carbons (Fsp3) is 1.00. The monoisotopic (exact) mass is 213 g/mol. The number of nitrogens with zero attached hydrogens (tertiary/aromatic N) is 1. The molecular weight excluding hydrogens is 190 g/mol. The van der Waals surface area contributed by atoms with Crippen molar-refractivity contribution in [1.82, 2.24) is 10.4 Å². The molecule has 0 bridgehead atoms. The average Bonchev–Trinajstić information content (AvgIpc) is 2.32. The highest BCUT2D eigenvalue weighted by Gasteiger charge is 2.32. The van der Waals surface area contributed by atoms with Crippen molar-refractivity contribution < 1.29 is 4.74 Å². The SMILES string of the molecule is NCC1(NN2CCOCC2)CCCCC1. The molecule has 0 aromatic carbocycles. The summed E-state index contributed by atoms with van der Waals surface area (Å²) in [5.74, 6) is 0. The van der Waals surface area contributed by atoms with E-state index < -0.39 is 0 Å². The number of hydrogen-bond acceptors (Lipinski definition) is 4. The molecule has 2 aliphatic rings. The Morgan fingerprint density at radius 3 is 2.40 bits per heavy atom. The first-order valence-corrected chi connectivity index (χ1v) is 6.15. The van der Waals surface area contributed by atoms with Gasteiger partial charge in [-0.15, -0.1) is 0 Å². The van der Waals surface area contributed by atoms with E-state index in [4.69, 9.17) is 10.5 Å². The molecule has 15 heavy (non-hydrogen) atoms. The summed E-state index contributed by atoms with van der Waals surface area (Å²) in [6.45, 7) is 4.41. The number of nitrogens with one attached hydrogen (secondary N) is 1. The van der Waals surface area contributed by atoms with E-state index in [1.165, 1.54) is 32.1 Å². The fourth-order valence-corrected chi connectivity index (χ4v) is 2.60. The van der Waals surface area contributed by atoms with Gasteiger partial charge in [-0.25, -0.2) is 10.4 Å². The second-order valence-corrected chi connectivity index (χ2v) is 4.76. The number of rotatable bonds is 3. The molecule has 1 aliphatic carbocycles. The van der Waals surface area contributed by atoms with E-state index in [-0.39, 0.29) is 5.54 Å². The van der Waals surface area contributed by atoms with Crippen LogP contribution in [-0.4, -0.2) is 43.4 Å². The van der Waals surface area contributed by atoms with Gasteiger partial charge in [0.05, 0.1) is 13.2 Å². The summed E-state index contributed by atoms with van der Waals surface area (Å²) in [6.07, 6.45) is 6.44. The molecule has 0 radical (unpaired) electrons. The third-order valence-corrected chi connectivity index (χ3v) is 3.61. The van der Waals surface area contributed by atoms with Crippen LogP contribution >= 0.6 is 0 Å². The third kappa shape index (κ3) is 2.91. The summed E-state index contributed by atoms with van der Waals surface area (Å²) in [7, 11) is 0. The van der Waals surface area contributed by atoms with Crippen LogP contribution in [0.3, 0.4) is 0 Å². The van der Waals surface area contributed by atoms with E-state index in [0.29, 0.717) is 0 Å². The van der Waals surface area contributed by atoms with Crippen molar-refractivity contribution in [3.63, 3.8) is 0 Å². The lowest BCUT2D eigenvalue weighted by Crippen LogP contribution is -2.61. The maximum absolute atomic E-state index is 5.93. The Kier molecular flexibility index (Phi) is 3.97. The second-order valence-electron chi connectivity index (χ2n) is 4.76. The van der Waals surface area contributed by atoms with Gasteiger partial charge < -0.3 is 10.5 Å². The molecule has 0 amide bonds. The minimum Gasteiger partial charge on any atom is -0.379 e. The molecule has 3 N–H and O–H groups in total. The maximum Gasteiger partial charge on any atom is 0.0608 e. The number of nitrogens with two attached hydrogens (primary N) is 1. The number of morpholine rings is 1. The zero-order valence-corrected chi connectivity index (χ0v) is 9.50. The van der Waals surface area contributed by atoms with Crippen LogP contribution in [-0.2, 0) is 4.74 Å². The fourth-order valence-electron chi connectivity index (χ4n) is 2.60. The predicted octanol–water partition coefficient (Wildman–Crippen LogP) is 0.485. The van der Waals surface area contributed by atoms with Crippen molar-refractivity contribution in [2.24, 2.45) is 5.73 Å². The van der Waals surface area contributed by atoms with Crippen molar-refractivity contribution in [2.45, 2.75) is 37.6 Å². The molecule has 2 rings (SSSR count). The molecular formula is C11H23N3O. The highest BCUT2D eigenvalue weighted by atomic mass is 16.5. The largest absolute Gasteiger partial charge is 0.379 e. The molecule has 1 heterocycles. The minimum atomic E-state index is 0.176. The minimum absolute atomic E-state index is 0.176. The quantitative estimate of drug-likeness (QED) is 0.716. The van der Waals surface area contributed by atoms with Crippen molar-refractivity contribution in [3.05, 3.63) is 0 Å². The number of ether oxygens (including phenoxy) is 1. The normalized spacial score (nSPS) is 27.8. The highest BCUT2D eigenvalue weighted by Crippen LogP contribution is 2.27. The van der Waals surface area contributed by atoms with Crippen molar-refractivity contribution in [3.8, 4) is 0 Å². The highest BCUT2D eigenvalue weighted by molar-refractivity contribution is 4.91. The summed E-state index contributed by atoms with van der Waals surface area (Å²) in [5.41, 5.74) is 9.76. The topological polar surface area (TPSA) is 50.5 Å². The Morgan fingerprint density at radius 1 is 1.13 bits per heavy atom. The van der Waals surface area contributed by atoms with Gasteiger partial charge in [0.15, 0.2) is 0 Å². The molecule has 0 aromatic heterocycles. The third-order valence-electron chi connectivity index (χ3n) is 3.61. The van der Waals surface area contributed by atoms with Gasteiger partial charge in [0.1, 0.15) is 0 Å². The molecule has 0 aromatic rings.